The first-order valence-corrected chi connectivity index (χ1v) is 8.38. The van der Waals surface area contributed by atoms with E-state index < -0.39 is 5.66 Å². The molecule has 2 aliphatic rings. The molecule has 124 valence electrons. The van der Waals surface area contributed by atoms with E-state index in [1.54, 1.807) is 0 Å². The molecule has 0 aromatic heterocycles. The summed E-state index contributed by atoms with van der Waals surface area (Å²) in [6, 6.07) is 5.90. The first kappa shape index (κ1) is 15.8. The van der Waals surface area contributed by atoms with Gasteiger partial charge >= 0.3 is 0 Å². The predicted molar refractivity (Wildman–Crippen MR) is 90.3 cm³/mol. The smallest absolute Gasteiger partial charge is 0.255 e. The summed E-state index contributed by atoms with van der Waals surface area (Å²) in [4.78, 5) is 26.6. The van der Waals surface area contributed by atoms with Crippen molar-refractivity contribution in [3.05, 3.63) is 29.3 Å². The highest BCUT2D eigenvalue weighted by atomic mass is 16.2. The van der Waals surface area contributed by atoms with Crippen LogP contribution < -0.4 is 10.6 Å². The third-order valence-electron chi connectivity index (χ3n) is 4.70. The van der Waals surface area contributed by atoms with Crippen molar-refractivity contribution < 1.29 is 9.59 Å². The van der Waals surface area contributed by atoms with Gasteiger partial charge in [-0.15, -0.1) is 0 Å². The van der Waals surface area contributed by atoms with Crippen LogP contribution in [0.25, 0.3) is 0 Å². The number of anilines is 1. The van der Waals surface area contributed by atoms with E-state index in [1.807, 2.05) is 30.0 Å². The van der Waals surface area contributed by atoms with Gasteiger partial charge in [-0.1, -0.05) is 25.5 Å². The second kappa shape index (κ2) is 5.87. The van der Waals surface area contributed by atoms with E-state index >= 15 is 0 Å². The fraction of sp³-hybridized carbons (Fsp3) is 0.556. The Morgan fingerprint density at radius 2 is 1.96 bits per heavy atom. The number of carbonyl (C=O) groups is 2. The van der Waals surface area contributed by atoms with Crippen LogP contribution in [0.2, 0.25) is 0 Å². The zero-order valence-corrected chi connectivity index (χ0v) is 14.1. The van der Waals surface area contributed by atoms with E-state index in [1.165, 1.54) is 0 Å². The minimum atomic E-state index is -0.423. The molecule has 1 aromatic rings. The zero-order chi connectivity index (χ0) is 16.6. The Labute approximate surface area is 137 Å². The number of carbonyl (C=O) groups excluding carboxylic acids is 2. The fourth-order valence-electron chi connectivity index (χ4n) is 3.39. The van der Waals surface area contributed by atoms with Crippen LogP contribution in [0.1, 0.15) is 49.0 Å². The topological polar surface area (TPSA) is 61.4 Å². The molecular formula is C18H25N3O2. The number of fused-ring (bicyclic) bond motifs is 1. The molecule has 1 saturated heterocycles. The first-order valence-electron chi connectivity index (χ1n) is 8.38. The molecule has 0 atom stereocenters. The molecule has 2 amide bonds. The largest absolute Gasteiger partial charge is 0.362 e. The van der Waals surface area contributed by atoms with Gasteiger partial charge < -0.3 is 15.5 Å². The van der Waals surface area contributed by atoms with Gasteiger partial charge in [0.25, 0.3) is 5.91 Å². The molecule has 5 heteroatoms. The summed E-state index contributed by atoms with van der Waals surface area (Å²) in [7, 11) is 0. The van der Waals surface area contributed by atoms with Gasteiger partial charge in [0.05, 0.1) is 5.56 Å². The molecule has 23 heavy (non-hydrogen) atoms. The molecule has 5 nitrogen and oxygen atoms in total. The maximum absolute atomic E-state index is 12.4. The van der Waals surface area contributed by atoms with E-state index in [0.717, 1.165) is 24.1 Å². The number of amides is 2. The Morgan fingerprint density at radius 1 is 1.26 bits per heavy atom. The van der Waals surface area contributed by atoms with Crippen LogP contribution >= 0.6 is 0 Å². The highest BCUT2D eigenvalue weighted by Crippen LogP contribution is 2.32. The molecule has 3 rings (SSSR count). The van der Waals surface area contributed by atoms with Gasteiger partial charge in [-0.25, -0.2) is 0 Å². The van der Waals surface area contributed by atoms with Crippen molar-refractivity contribution in [1.82, 2.24) is 10.2 Å². The molecule has 1 aromatic carbocycles. The number of aryl methyl sites for hydroxylation is 1. The number of piperidine rings is 1. The quantitative estimate of drug-likeness (QED) is 0.881. The summed E-state index contributed by atoms with van der Waals surface area (Å²) in [6.07, 6.45) is 2.06. The lowest BCUT2D eigenvalue weighted by atomic mass is 9.91. The molecule has 0 aliphatic carbocycles. The monoisotopic (exact) mass is 315 g/mol. The Morgan fingerprint density at radius 3 is 2.61 bits per heavy atom. The van der Waals surface area contributed by atoms with Crippen molar-refractivity contribution in [2.75, 3.05) is 18.4 Å². The van der Waals surface area contributed by atoms with Crippen LogP contribution in [0.15, 0.2) is 18.2 Å². The molecule has 1 fully saturated rings. The zero-order valence-electron chi connectivity index (χ0n) is 14.1. The SMILES string of the molecule is Cc1ccc2c(c1)C(=O)NC1(CCN(C(=O)CC(C)C)CC1)N2. The van der Waals surface area contributed by atoms with Crippen molar-refractivity contribution in [2.24, 2.45) is 5.92 Å². The highest BCUT2D eigenvalue weighted by molar-refractivity contribution is 6.02. The van der Waals surface area contributed by atoms with Crippen LogP contribution in [0, 0.1) is 12.8 Å². The second-order valence-electron chi connectivity index (χ2n) is 7.19. The van der Waals surface area contributed by atoms with E-state index in [4.69, 9.17) is 0 Å². The Hall–Kier alpha value is -2.04. The van der Waals surface area contributed by atoms with Crippen LogP contribution in [0.3, 0.4) is 0 Å². The van der Waals surface area contributed by atoms with Crippen molar-refractivity contribution in [2.45, 2.75) is 45.7 Å². The number of likely N-dealkylation sites (tertiary alicyclic amines) is 1. The van der Waals surface area contributed by atoms with Gasteiger partial charge in [-0.05, 0) is 25.0 Å². The normalized spacial score (nSPS) is 19.3. The van der Waals surface area contributed by atoms with E-state index in [9.17, 15) is 9.59 Å². The van der Waals surface area contributed by atoms with Crippen LogP contribution in [0.5, 0.6) is 0 Å². The summed E-state index contributed by atoms with van der Waals surface area (Å²) in [5, 5.41) is 6.63. The second-order valence-corrected chi connectivity index (χ2v) is 7.19. The lowest BCUT2D eigenvalue weighted by Gasteiger charge is -2.46. The van der Waals surface area contributed by atoms with Gasteiger partial charge in [-0.2, -0.15) is 0 Å². The minimum absolute atomic E-state index is 0.0237. The lowest BCUT2D eigenvalue weighted by molar-refractivity contribution is -0.133. The summed E-state index contributed by atoms with van der Waals surface area (Å²) in [6.45, 7) is 7.47. The number of nitrogens with zero attached hydrogens (tertiary/aromatic N) is 1. The molecule has 2 aliphatic heterocycles. The Kier molecular flexibility index (Phi) is 4.04. The maximum Gasteiger partial charge on any atom is 0.255 e. The maximum atomic E-state index is 12.4. The Bertz CT molecular complexity index is 631. The van der Waals surface area contributed by atoms with E-state index in [-0.39, 0.29) is 11.8 Å². The highest BCUT2D eigenvalue weighted by Gasteiger charge is 2.40. The van der Waals surface area contributed by atoms with Gasteiger partial charge in [0.2, 0.25) is 5.91 Å². The summed E-state index contributed by atoms with van der Waals surface area (Å²) in [5.74, 6) is 0.568. The molecular weight excluding hydrogens is 290 g/mol. The number of rotatable bonds is 2. The lowest BCUT2D eigenvalue weighted by Crippen LogP contribution is -2.62. The number of benzene rings is 1. The number of hydrogen-bond acceptors (Lipinski definition) is 3. The van der Waals surface area contributed by atoms with Crippen molar-refractivity contribution in [3.63, 3.8) is 0 Å². The van der Waals surface area contributed by atoms with Gasteiger partial charge in [0.15, 0.2) is 0 Å². The summed E-state index contributed by atoms with van der Waals surface area (Å²) in [5.41, 5.74) is 2.24. The average molecular weight is 315 g/mol. The number of hydrogen-bond donors (Lipinski definition) is 2. The molecule has 0 saturated carbocycles. The van der Waals surface area contributed by atoms with Gasteiger partial charge in [-0.3, -0.25) is 9.59 Å². The van der Waals surface area contributed by atoms with Crippen LogP contribution in [-0.4, -0.2) is 35.5 Å². The van der Waals surface area contributed by atoms with Crippen LogP contribution in [-0.2, 0) is 4.79 Å². The van der Waals surface area contributed by atoms with Gasteiger partial charge in [0.1, 0.15) is 5.66 Å². The van der Waals surface area contributed by atoms with Crippen molar-refractivity contribution in [3.8, 4) is 0 Å². The molecule has 0 radical (unpaired) electrons. The van der Waals surface area contributed by atoms with Crippen molar-refractivity contribution >= 4 is 17.5 Å². The molecule has 0 bridgehead atoms. The molecule has 0 unspecified atom stereocenters. The molecule has 2 heterocycles. The summed E-state index contributed by atoms with van der Waals surface area (Å²) < 4.78 is 0. The van der Waals surface area contributed by atoms with Crippen molar-refractivity contribution in [1.29, 1.82) is 0 Å². The third-order valence-corrected chi connectivity index (χ3v) is 4.70. The molecule has 1 spiro atoms. The van der Waals surface area contributed by atoms with E-state index in [0.29, 0.717) is 31.0 Å². The summed E-state index contributed by atoms with van der Waals surface area (Å²) >= 11 is 0. The third kappa shape index (κ3) is 3.19. The Balaban J connectivity index is 1.70. The standard InChI is InChI=1S/C18H25N3O2/c1-12(2)10-16(22)21-8-6-18(7-9-21)19-15-5-4-13(3)11-14(15)17(23)20-18/h4-5,11-12,19H,6-10H2,1-3H3,(H,20,23). The average Bonchev–Trinajstić information content (AvgIpc) is 2.48. The number of nitrogens with one attached hydrogen (secondary N) is 2. The van der Waals surface area contributed by atoms with Crippen LogP contribution in [0.4, 0.5) is 5.69 Å². The first-order chi connectivity index (χ1) is 10.9. The minimum Gasteiger partial charge on any atom is -0.362 e. The van der Waals surface area contributed by atoms with Gasteiger partial charge in [0, 0.05) is 38.0 Å². The van der Waals surface area contributed by atoms with E-state index in [2.05, 4.69) is 24.5 Å². The fourth-order valence-corrected chi connectivity index (χ4v) is 3.39. The molecule has 2 N–H and O–H groups in total. The predicted octanol–water partition coefficient (Wildman–Crippen LogP) is 2.52.